The molecule has 0 atom stereocenters. The summed E-state index contributed by atoms with van der Waals surface area (Å²) >= 11 is 6.00. The fourth-order valence-electron chi connectivity index (χ4n) is 3.48. The van der Waals surface area contributed by atoms with Crippen molar-refractivity contribution in [3.63, 3.8) is 0 Å². The van der Waals surface area contributed by atoms with Gasteiger partial charge in [0.2, 0.25) is 0 Å². The molecule has 0 bridgehead atoms. The predicted molar refractivity (Wildman–Crippen MR) is 134 cm³/mol. The summed E-state index contributed by atoms with van der Waals surface area (Å²) in [5, 5.41) is 3.19. The van der Waals surface area contributed by atoms with Crippen molar-refractivity contribution >= 4 is 33.4 Å². The minimum Gasteiger partial charge on any atom is -0.467 e. The van der Waals surface area contributed by atoms with Gasteiger partial charge in [-0.25, -0.2) is 4.79 Å². The third-order valence-corrected chi connectivity index (χ3v) is 6.70. The number of alkyl halides is 3. The van der Waals surface area contributed by atoms with Crippen molar-refractivity contribution in [1.82, 2.24) is 4.90 Å². The van der Waals surface area contributed by atoms with Crippen LogP contribution in [0, 0.1) is 0 Å². The first-order chi connectivity index (χ1) is 18.0. The first-order valence-corrected chi connectivity index (χ1v) is 12.8. The van der Waals surface area contributed by atoms with Gasteiger partial charge in [-0.05, 0) is 66.2 Å². The molecule has 198 valence electrons. The number of nitrogens with zero attached hydrogens (tertiary/aromatic N) is 1. The number of hydrogen-bond donors (Lipinski definition) is 1. The van der Waals surface area contributed by atoms with Crippen molar-refractivity contribution in [2.24, 2.45) is 0 Å². The minimum atomic E-state index is -4.71. The second kappa shape index (κ2) is 11.2. The molecule has 38 heavy (non-hydrogen) atoms. The van der Waals surface area contributed by atoms with E-state index >= 15 is 0 Å². The van der Waals surface area contributed by atoms with E-state index < -0.39 is 32.8 Å². The monoisotopic (exact) mass is 564 g/mol. The lowest BCUT2D eigenvalue weighted by Crippen LogP contribution is -2.34. The predicted octanol–water partition coefficient (Wildman–Crippen LogP) is 6.95. The van der Waals surface area contributed by atoms with Crippen LogP contribution < -0.4 is 9.50 Å². The third kappa shape index (κ3) is 7.08. The number of nitrogens with one attached hydrogen (secondary N) is 1. The number of carbonyl (C=O) groups is 1. The van der Waals surface area contributed by atoms with Crippen molar-refractivity contribution in [1.29, 1.82) is 0 Å². The fraction of sp³-hybridized carbons (Fsp3) is 0.115. The van der Waals surface area contributed by atoms with Gasteiger partial charge >= 0.3 is 22.3 Å². The largest absolute Gasteiger partial charge is 0.467 e. The van der Waals surface area contributed by atoms with Crippen LogP contribution >= 0.6 is 11.6 Å². The summed E-state index contributed by atoms with van der Waals surface area (Å²) in [5.41, 5.74) is -0.152. The van der Waals surface area contributed by atoms with E-state index in [2.05, 4.69) is 5.32 Å². The molecule has 4 aromatic rings. The number of rotatable bonds is 8. The van der Waals surface area contributed by atoms with Crippen molar-refractivity contribution < 1.29 is 35.0 Å². The lowest BCUT2D eigenvalue weighted by Gasteiger charge is -2.22. The van der Waals surface area contributed by atoms with E-state index in [1.54, 1.807) is 42.5 Å². The van der Waals surface area contributed by atoms with Crippen LogP contribution in [0.5, 0.6) is 5.75 Å². The molecule has 0 aliphatic carbocycles. The SMILES string of the molecule is O=C(Nc1cccc(Cl)c1)N(Cc1cccc(OS(=O)(=O)c2cccc(C(F)(F)F)c2)c1)Cc1ccco1. The Balaban J connectivity index is 1.54. The van der Waals surface area contributed by atoms with E-state index in [9.17, 15) is 26.4 Å². The summed E-state index contributed by atoms with van der Waals surface area (Å²) in [4.78, 5) is 13.9. The standard InChI is InChI=1S/C26H20ClF3N2O5S/c27-20-7-3-8-21(15-20)31-25(33)32(17-23-10-4-12-36-23)16-18-5-1-9-22(13-18)37-38(34,35)24-11-2-6-19(14-24)26(28,29)30/h1-15H,16-17H2,(H,31,33). The summed E-state index contributed by atoms with van der Waals surface area (Å²) in [6, 6.07) is 18.6. The molecule has 7 nitrogen and oxygen atoms in total. The van der Waals surface area contributed by atoms with Crippen LogP contribution in [-0.4, -0.2) is 19.3 Å². The maximum Gasteiger partial charge on any atom is 0.416 e. The molecule has 0 aliphatic rings. The van der Waals surface area contributed by atoms with E-state index in [1.807, 2.05) is 0 Å². The van der Waals surface area contributed by atoms with Crippen molar-refractivity contribution in [3.8, 4) is 5.75 Å². The second-order valence-electron chi connectivity index (χ2n) is 8.09. The molecule has 1 heterocycles. The Morgan fingerprint density at radius 2 is 1.71 bits per heavy atom. The Bertz CT molecular complexity index is 1530. The van der Waals surface area contributed by atoms with Gasteiger partial charge in [-0.3, -0.25) is 0 Å². The number of anilines is 1. The maximum atomic E-state index is 13.1. The number of carbonyl (C=O) groups excluding carboxylic acids is 1. The first kappa shape index (κ1) is 27.1. The Morgan fingerprint density at radius 3 is 2.42 bits per heavy atom. The maximum absolute atomic E-state index is 13.1. The van der Waals surface area contributed by atoms with Crippen LogP contribution in [-0.2, 0) is 29.4 Å². The smallest absolute Gasteiger partial charge is 0.416 e. The van der Waals surface area contributed by atoms with Crippen molar-refractivity contribution in [3.05, 3.63) is 113 Å². The second-order valence-corrected chi connectivity index (χ2v) is 10.1. The van der Waals surface area contributed by atoms with E-state index in [1.165, 1.54) is 29.4 Å². The highest BCUT2D eigenvalue weighted by Gasteiger charge is 2.32. The number of hydrogen-bond acceptors (Lipinski definition) is 5. The molecule has 0 radical (unpaired) electrons. The first-order valence-electron chi connectivity index (χ1n) is 11.0. The molecule has 12 heteroatoms. The van der Waals surface area contributed by atoms with Gasteiger partial charge in [-0.15, -0.1) is 0 Å². The zero-order chi connectivity index (χ0) is 27.3. The molecule has 0 saturated carbocycles. The van der Waals surface area contributed by atoms with Crippen LogP contribution in [0.25, 0.3) is 0 Å². The zero-order valence-corrected chi connectivity index (χ0v) is 21.1. The average Bonchev–Trinajstić information content (AvgIpc) is 3.36. The lowest BCUT2D eigenvalue weighted by atomic mass is 10.2. The Kier molecular flexibility index (Phi) is 7.98. The quantitative estimate of drug-likeness (QED) is 0.234. The van der Waals surface area contributed by atoms with Gasteiger partial charge in [-0.2, -0.15) is 21.6 Å². The average molecular weight is 565 g/mol. The fourth-order valence-corrected chi connectivity index (χ4v) is 4.64. The van der Waals surface area contributed by atoms with E-state index in [-0.39, 0.29) is 18.8 Å². The highest BCUT2D eigenvalue weighted by Crippen LogP contribution is 2.31. The Hall–Kier alpha value is -3.96. The van der Waals surface area contributed by atoms with Crippen LogP contribution in [0.2, 0.25) is 5.02 Å². The molecule has 3 aromatic carbocycles. The minimum absolute atomic E-state index is 0.0217. The van der Waals surface area contributed by atoms with Crippen molar-refractivity contribution in [2.45, 2.75) is 24.2 Å². The topological polar surface area (TPSA) is 88.9 Å². The van der Waals surface area contributed by atoms with Crippen LogP contribution in [0.4, 0.5) is 23.7 Å². The van der Waals surface area contributed by atoms with E-state index in [4.69, 9.17) is 20.2 Å². The molecular weight excluding hydrogens is 545 g/mol. The molecule has 0 spiro atoms. The molecule has 4 rings (SSSR count). The summed E-state index contributed by atoms with van der Waals surface area (Å²) in [6.07, 6.45) is -3.25. The summed E-state index contributed by atoms with van der Waals surface area (Å²) in [6.45, 7) is 0.112. The molecule has 2 amide bonds. The normalized spacial score (nSPS) is 11.7. The third-order valence-electron chi connectivity index (χ3n) is 5.22. The van der Waals surface area contributed by atoms with Crippen LogP contribution in [0.15, 0.2) is 101 Å². The molecule has 1 N–H and O–H groups in total. The number of urea groups is 1. The van der Waals surface area contributed by atoms with Gasteiger partial charge in [0.15, 0.2) is 0 Å². The Morgan fingerprint density at radius 1 is 0.947 bits per heavy atom. The molecular formula is C26H20ClF3N2O5S. The Labute approximate surface area is 221 Å². The number of benzene rings is 3. The van der Waals surface area contributed by atoms with Gasteiger partial charge in [0.05, 0.1) is 18.4 Å². The summed E-state index contributed by atoms with van der Waals surface area (Å²) in [5.74, 6) is 0.374. The number of amides is 2. The van der Waals surface area contributed by atoms with Gasteiger partial charge in [0.1, 0.15) is 16.4 Å². The zero-order valence-electron chi connectivity index (χ0n) is 19.5. The van der Waals surface area contributed by atoms with Crippen LogP contribution in [0.3, 0.4) is 0 Å². The van der Waals surface area contributed by atoms with Gasteiger partial charge in [0.25, 0.3) is 0 Å². The van der Waals surface area contributed by atoms with Gasteiger partial charge in [0, 0.05) is 17.3 Å². The van der Waals surface area contributed by atoms with Gasteiger partial charge in [-0.1, -0.05) is 35.9 Å². The van der Waals surface area contributed by atoms with Crippen molar-refractivity contribution in [2.75, 3.05) is 5.32 Å². The highest BCUT2D eigenvalue weighted by atomic mass is 35.5. The van der Waals surface area contributed by atoms with E-state index in [0.717, 1.165) is 18.2 Å². The number of halogens is 4. The molecule has 1 aromatic heterocycles. The molecule has 0 unspecified atom stereocenters. The van der Waals surface area contributed by atoms with Crippen LogP contribution in [0.1, 0.15) is 16.9 Å². The summed E-state index contributed by atoms with van der Waals surface area (Å²) in [7, 11) is -4.56. The molecule has 0 fully saturated rings. The van der Waals surface area contributed by atoms with E-state index in [0.29, 0.717) is 28.1 Å². The van der Waals surface area contributed by atoms with Gasteiger partial charge < -0.3 is 18.8 Å². The highest BCUT2D eigenvalue weighted by molar-refractivity contribution is 7.87. The summed E-state index contributed by atoms with van der Waals surface area (Å²) < 4.78 is 74.9. The lowest BCUT2D eigenvalue weighted by molar-refractivity contribution is -0.137. The number of furan rings is 1. The molecule has 0 saturated heterocycles. The molecule has 0 aliphatic heterocycles.